The van der Waals surface area contributed by atoms with Crippen LogP contribution in [0.5, 0.6) is 0 Å². The number of nitrogens with one attached hydrogen (secondary N) is 1. The molecule has 1 aromatic carbocycles. The predicted molar refractivity (Wildman–Crippen MR) is 128 cm³/mol. The van der Waals surface area contributed by atoms with E-state index in [2.05, 4.69) is 39.3 Å². The number of aromatic nitrogens is 3. The lowest BCUT2D eigenvalue weighted by Crippen LogP contribution is -2.15. The summed E-state index contributed by atoms with van der Waals surface area (Å²) < 4.78 is 2.07. The van der Waals surface area contributed by atoms with Crippen molar-refractivity contribution in [2.75, 3.05) is 11.1 Å². The second-order valence-electron chi connectivity index (χ2n) is 7.79. The van der Waals surface area contributed by atoms with E-state index >= 15 is 0 Å². The highest BCUT2D eigenvalue weighted by Gasteiger charge is 2.24. The molecule has 0 fully saturated rings. The number of thioether (sulfide) groups is 1. The summed E-state index contributed by atoms with van der Waals surface area (Å²) in [5.41, 5.74) is 2.60. The van der Waals surface area contributed by atoms with Gasteiger partial charge in [0.2, 0.25) is 5.91 Å². The number of carbonyl (C=O) groups excluding carboxylic acids is 1. The largest absolute Gasteiger partial charge is 0.325 e. The van der Waals surface area contributed by atoms with Crippen LogP contribution in [0, 0.1) is 10.1 Å². The van der Waals surface area contributed by atoms with E-state index in [9.17, 15) is 14.9 Å². The van der Waals surface area contributed by atoms with Gasteiger partial charge in [0.25, 0.3) is 5.69 Å². The van der Waals surface area contributed by atoms with Crippen LogP contribution < -0.4 is 5.32 Å². The summed E-state index contributed by atoms with van der Waals surface area (Å²) in [4.78, 5) is 24.4. The molecule has 4 rings (SSSR count). The summed E-state index contributed by atoms with van der Waals surface area (Å²) in [7, 11) is 0. The van der Waals surface area contributed by atoms with E-state index in [1.54, 1.807) is 11.3 Å². The number of aryl methyl sites for hydroxylation is 1. The molecule has 32 heavy (non-hydrogen) atoms. The number of anilines is 1. The molecule has 2 aromatic heterocycles. The summed E-state index contributed by atoms with van der Waals surface area (Å²) in [6.45, 7) is 4.14. The van der Waals surface area contributed by atoms with Crippen molar-refractivity contribution >= 4 is 52.0 Å². The van der Waals surface area contributed by atoms with Gasteiger partial charge in [-0.25, -0.2) is 0 Å². The summed E-state index contributed by atoms with van der Waals surface area (Å²) in [5.74, 6) is 0.651. The number of nitro groups is 1. The molecule has 11 heteroatoms. The van der Waals surface area contributed by atoms with Crippen molar-refractivity contribution < 1.29 is 9.72 Å². The molecule has 1 N–H and O–H groups in total. The fourth-order valence-corrected chi connectivity index (χ4v) is 5.94. The quantitative estimate of drug-likeness (QED) is 0.256. The fraction of sp³-hybridized carbons (Fsp3) is 0.381. The van der Waals surface area contributed by atoms with Gasteiger partial charge in [0.15, 0.2) is 11.0 Å². The van der Waals surface area contributed by atoms with E-state index < -0.39 is 4.92 Å². The van der Waals surface area contributed by atoms with E-state index in [-0.39, 0.29) is 28.4 Å². The summed E-state index contributed by atoms with van der Waals surface area (Å²) >= 11 is 8.91. The lowest BCUT2D eigenvalue weighted by Gasteiger charge is -2.16. The van der Waals surface area contributed by atoms with Crippen LogP contribution >= 0.6 is 34.7 Å². The Balaban J connectivity index is 1.49. The average Bonchev–Trinajstić information content (AvgIpc) is 3.37. The normalized spacial score (nSPS) is 13.2. The maximum atomic E-state index is 12.5. The van der Waals surface area contributed by atoms with Gasteiger partial charge in [0, 0.05) is 33.6 Å². The monoisotopic (exact) mass is 491 g/mol. The van der Waals surface area contributed by atoms with Crippen LogP contribution in [-0.4, -0.2) is 31.3 Å². The highest BCUT2D eigenvalue weighted by Crippen LogP contribution is 2.38. The summed E-state index contributed by atoms with van der Waals surface area (Å²) in [5, 5.41) is 25.4. The zero-order valence-corrected chi connectivity index (χ0v) is 20.0. The first-order valence-corrected chi connectivity index (χ1v) is 12.5. The highest BCUT2D eigenvalue weighted by atomic mass is 35.5. The molecule has 0 saturated heterocycles. The Labute approximate surface area is 198 Å². The van der Waals surface area contributed by atoms with Gasteiger partial charge in [0.1, 0.15) is 5.02 Å². The SMILES string of the molecule is CC(C)n1c(SCC(=O)Nc2ccc(Cl)c([N+](=O)[O-])c2)nnc1-c1csc2c1CCCC2. The van der Waals surface area contributed by atoms with Gasteiger partial charge in [-0.05, 0) is 57.2 Å². The minimum Gasteiger partial charge on any atom is -0.325 e. The molecule has 3 aromatic rings. The molecule has 8 nitrogen and oxygen atoms in total. The number of amides is 1. The number of carbonyl (C=O) groups is 1. The molecular formula is C21H22ClN5O3S2. The fourth-order valence-electron chi connectivity index (χ4n) is 3.76. The van der Waals surface area contributed by atoms with Gasteiger partial charge in [-0.3, -0.25) is 19.5 Å². The number of hydrogen-bond acceptors (Lipinski definition) is 7. The maximum Gasteiger partial charge on any atom is 0.289 e. The zero-order chi connectivity index (χ0) is 22.8. The summed E-state index contributed by atoms with van der Waals surface area (Å²) in [6.07, 6.45) is 4.62. The summed E-state index contributed by atoms with van der Waals surface area (Å²) in [6, 6.07) is 4.31. The molecule has 1 amide bonds. The molecular weight excluding hydrogens is 470 g/mol. The van der Waals surface area contributed by atoms with Gasteiger partial charge in [0.05, 0.1) is 10.7 Å². The minimum absolute atomic E-state index is 0.0237. The van der Waals surface area contributed by atoms with Crippen molar-refractivity contribution in [1.29, 1.82) is 0 Å². The molecule has 0 radical (unpaired) electrons. The Morgan fingerprint density at radius 3 is 2.88 bits per heavy atom. The van der Waals surface area contributed by atoms with Gasteiger partial charge in [-0.15, -0.1) is 21.5 Å². The number of rotatable bonds is 7. The Hall–Kier alpha value is -2.43. The Morgan fingerprint density at radius 1 is 1.34 bits per heavy atom. The first-order chi connectivity index (χ1) is 15.3. The van der Waals surface area contributed by atoms with Crippen molar-refractivity contribution in [2.24, 2.45) is 0 Å². The number of nitro benzene ring substituents is 1. The molecule has 0 spiro atoms. The lowest BCUT2D eigenvalue weighted by atomic mass is 9.95. The number of nitrogens with zero attached hydrogens (tertiary/aromatic N) is 4. The number of hydrogen-bond donors (Lipinski definition) is 1. The molecule has 1 aliphatic carbocycles. The third-order valence-corrected chi connectivity index (χ3v) is 7.59. The second-order valence-corrected chi connectivity index (χ2v) is 10.1. The lowest BCUT2D eigenvalue weighted by molar-refractivity contribution is -0.384. The predicted octanol–water partition coefficient (Wildman–Crippen LogP) is 5.76. The molecule has 0 bridgehead atoms. The van der Waals surface area contributed by atoms with Crippen LogP contribution in [0.2, 0.25) is 5.02 Å². The molecule has 0 atom stereocenters. The minimum atomic E-state index is -0.581. The number of thiophene rings is 1. The van der Waals surface area contributed by atoms with Crippen molar-refractivity contribution in [2.45, 2.75) is 50.7 Å². The molecule has 2 heterocycles. The van der Waals surface area contributed by atoms with E-state index in [0.29, 0.717) is 10.8 Å². The maximum absolute atomic E-state index is 12.5. The smallest absolute Gasteiger partial charge is 0.289 e. The third kappa shape index (κ3) is 4.67. The first-order valence-electron chi connectivity index (χ1n) is 10.3. The zero-order valence-electron chi connectivity index (χ0n) is 17.6. The van der Waals surface area contributed by atoms with Crippen LogP contribution in [0.3, 0.4) is 0 Å². The topological polar surface area (TPSA) is 103 Å². The standard InChI is InChI=1S/C21H22ClN5O3S2/c1-12(2)26-20(15-10-31-18-6-4-3-5-14(15)18)24-25-21(26)32-11-19(28)23-13-7-8-16(22)17(9-13)27(29)30/h7-10,12H,3-6,11H2,1-2H3,(H,23,28). The first kappa shape index (κ1) is 22.8. The Kier molecular flexibility index (Phi) is 6.82. The van der Waals surface area contributed by atoms with Gasteiger partial charge in [-0.2, -0.15) is 0 Å². The van der Waals surface area contributed by atoms with Gasteiger partial charge >= 0.3 is 0 Å². The van der Waals surface area contributed by atoms with Gasteiger partial charge < -0.3 is 5.32 Å². The molecule has 0 aliphatic heterocycles. The van der Waals surface area contributed by atoms with Crippen LogP contribution in [0.4, 0.5) is 11.4 Å². The highest BCUT2D eigenvalue weighted by molar-refractivity contribution is 7.99. The number of benzene rings is 1. The van der Waals surface area contributed by atoms with E-state index in [1.165, 1.54) is 53.2 Å². The molecule has 168 valence electrons. The Morgan fingerprint density at radius 2 is 2.12 bits per heavy atom. The van der Waals surface area contributed by atoms with Crippen LogP contribution in [0.25, 0.3) is 11.4 Å². The van der Waals surface area contributed by atoms with E-state index in [1.807, 2.05) is 0 Å². The average molecular weight is 492 g/mol. The van der Waals surface area contributed by atoms with Crippen molar-refractivity contribution in [3.8, 4) is 11.4 Å². The molecule has 1 aliphatic rings. The Bertz CT molecular complexity index is 1170. The van der Waals surface area contributed by atoms with Gasteiger partial charge in [-0.1, -0.05) is 23.4 Å². The van der Waals surface area contributed by atoms with Crippen LogP contribution in [0.1, 0.15) is 43.2 Å². The molecule has 0 saturated carbocycles. The van der Waals surface area contributed by atoms with E-state index in [0.717, 1.165) is 24.2 Å². The van der Waals surface area contributed by atoms with Crippen LogP contribution in [0.15, 0.2) is 28.7 Å². The number of fused-ring (bicyclic) bond motifs is 1. The third-order valence-electron chi connectivity index (χ3n) is 5.24. The van der Waals surface area contributed by atoms with Crippen molar-refractivity contribution in [3.63, 3.8) is 0 Å². The van der Waals surface area contributed by atoms with E-state index in [4.69, 9.17) is 11.6 Å². The van der Waals surface area contributed by atoms with Crippen LogP contribution in [-0.2, 0) is 17.6 Å². The number of halogens is 1. The molecule has 0 unspecified atom stereocenters. The van der Waals surface area contributed by atoms with Crippen molar-refractivity contribution in [3.05, 3.63) is 49.2 Å². The van der Waals surface area contributed by atoms with Crippen molar-refractivity contribution in [1.82, 2.24) is 14.8 Å². The second kappa shape index (κ2) is 9.60.